The van der Waals surface area contributed by atoms with Crippen LogP contribution in [-0.4, -0.2) is 15.9 Å². The average Bonchev–Trinajstić information content (AvgIpc) is 3.46. The topological polar surface area (TPSA) is 95.8 Å². The second kappa shape index (κ2) is 7.93. The summed E-state index contributed by atoms with van der Waals surface area (Å²) in [4.78, 5) is 20.2. The van der Waals surface area contributed by atoms with Gasteiger partial charge >= 0.3 is 0 Å². The highest BCUT2D eigenvalue weighted by atomic mass is 16.2. The van der Waals surface area contributed by atoms with Gasteiger partial charge in [0.1, 0.15) is 0 Å². The van der Waals surface area contributed by atoms with Gasteiger partial charge in [0.25, 0.3) is 5.91 Å². The third kappa shape index (κ3) is 3.60. The van der Waals surface area contributed by atoms with Crippen LogP contribution in [0.3, 0.4) is 0 Å². The summed E-state index contributed by atoms with van der Waals surface area (Å²) in [5.74, 6) is -0.130. The number of para-hydroxylation sites is 1. The fourth-order valence-corrected chi connectivity index (χ4v) is 3.79. The van der Waals surface area contributed by atoms with Crippen molar-refractivity contribution < 1.29 is 4.79 Å². The maximum Gasteiger partial charge on any atom is 0.258 e. The Morgan fingerprint density at radius 3 is 2.61 bits per heavy atom. The zero-order chi connectivity index (χ0) is 21.2. The quantitative estimate of drug-likeness (QED) is 0.367. The number of carbonyl (C=O) groups is 1. The first-order chi connectivity index (χ1) is 15.2. The molecule has 6 heteroatoms. The van der Waals surface area contributed by atoms with E-state index in [9.17, 15) is 4.79 Å². The van der Waals surface area contributed by atoms with Gasteiger partial charge in [0.15, 0.2) is 0 Å². The number of H-pyrrole nitrogens is 1. The molecule has 1 aliphatic rings. The molecular formula is C25H21N5O. The van der Waals surface area contributed by atoms with Crippen molar-refractivity contribution in [1.82, 2.24) is 9.97 Å². The predicted molar refractivity (Wildman–Crippen MR) is 124 cm³/mol. The lowest BCUT2D eigenvalue weighted by atomic mass is 9.98. The number of imidazole rings is 1. The fraction of sp³-hybridized carbons (Fsp3) is 0.0400. The van der Waals surface area contributed by atoms with E-state index in [1.165, 1.54) is 0 Å². The van der Waals surface area contributed by atoms with Gasteiger partial charge in [-0.2, -0.15) is 0 Å². The molecule has 5 rings (SSSR count). The Balaban J connectivity index is 1.61. The van der Waals surface area contributed by atoms with Crippen molar-refractivity contribution >= 4 is 28.6 Å². The highest BCUT2D eigenvalue weighted by Crippen LogP contribution is 2.37. The SMILES string of the molecule is NCc1cccc(/C(Nc2ccc(-c3c[nH]cn3)cc2)=C2/C(=O)Nc3ccccc32)c1. The Bertz CT molecular complexity index is 1270. The number of fused-ring (bicyclic) bond motifs is 1. The van der Waals surface area contributed by atoms with Gasteiger partial charge in [0.2, 0.25) is 0 Å². The molecule has 3 aromatic carbocycles. The molecule has 4 aromatic rings. The van der Waals surface area contributed by atoms with E-state index in [0.29, 0.717) is 12.1 Å². The van der Waals surface area contributed by atoms with Gasteiger partial charge < -0.3 is 21.4 Å². The van der Waals surface area contributed by atoms with E-state index >= 15 is 0 Å². The molecule has 0 fully saturated rings. The highest BCUT2D eigenvalue weighted by molar-refractivity contribution is 6.37. The Hall–Kier alpha value is -4.16. The van der Waals surface area contributed by atoms with Crippen LogP contribution in [0.1, 0.15) is 16.7 Å². The normalized spacial score (nSPS) is 14.2. The van der Waals surface area contributed by atoms with Crippen LogP contribution >= 0.6 is 0 Å². The monoisotopic (exact) mass is 407 g/mol. The molecule has 1 amide bonds. The molecular weight excluding hydrogens is 386 g/mol. The molecule has 152 valence electrons. The second-order valence-corrected chi connectivity index (χ2v) is 7.31. The smallest absolute Gasteiger partial charge is 0.258 e. The van der Waals surface area contributed by atoms with Crippen molar-refractivity contribution in [3.05, 3.63) is 102 Å². The van der Waals surface area contributed by atoms with Crippen LogP contribution in [0.15, 0.2) is 85.3 Å². The van der Waals surface area contributed by atoms with Crippen molar-refractivity contribution in [3.8, 4) is 11.3 Å². The summed E-state index contributed by atoms with van der Waals surface area (Å²) in [7, 11) is 0. The number of rotatable bonds is 5. The minimum atomic E-state index is -0.130. The molecule has 0 radical (unpaired) electrons. The summed E-state index contributed by atoms with van der Waals surface area (Å²) >= 11 is 0. The van der Waals surface area contributed by atoms with E-state index in [1.807, 2.05) is 79.0 Å². The Labute approximate surface area is 179 Å². The van der Waals surface area contributed by atoms with Crippen LogP contribution in [0.4, 0.5) is 11.4 Å². The van der Waals surface area contributed by atoms with Crippen LogP contribution in [0.5, 0.6) is 0 Å². The van der Waals surface area contributed by atoms with Gasteiger partial charge in [0.05, 0.1) is 23.3 Å². The van der Waals surface area contributed by atoms with Crippen LogP contribution in [0.25, 0.3) is 22.5 Å². The van der Waals surface area contributed by atoms with E-state index < -0.39 is 0 Å². The average molecular weight is 407 g/mol. The van der Waals surface area contributed by atoms with Crippen molar-refractivity contribution in [3.63, 3.8) is 0 Å². The van der Waals surface area contributed by atoms with Crippen LogP contribution < -0.4 is 16.4 Å². The van der Waals surface area contributed by atoms with Crippen molar-refractivity contribution in [2.45, 2.75) is 6.54 Å². The molecule has 5 N–H and O–H groups in total. The molecule has 0 atom stereocenters. The van der Waals surface area contributed by atoms with E-state index in [1.54, 1.807) is 6.33 Å². The lowest BCUT2D eigenvalue weighted by Gasteiger charge is -2.16. The standard InChI is InChI=1S/C25H21N5O/c26-13-16-4-3-5-18(12-16)24(23-20-6-1-2-7-21(20)30-25(23)31)29-19-10-8-17(9-11-19)22-14-27-15-28-22/h1-12,14-15,29H,13,26H2,(H,27,28)(H,30,31)/b24-23-. The van der Waals surface area contributed by atoms with Crippen LogP contribution in [0, 0.1) is 0 Å². The zero-order valence-electron chi connectivity index (χ0n) is 16.7. The van der Waals surface area contributed by atoms with E-state index in [4.69, 9.17) is 5.73 Å². The molecule has 31 heavy (non-hydrogen) atoms. The van der Waals surface area contributed by atoms with E-state index in [0.717, 1.165) is 45.0 Å². The van der Waals surface area contributed by atoms with Gasteiger partial charge in [-0.25, -0.2) is 4.98 Å². The number of aromatic amines is 1. The molecule has 0 unspecified atom stereocenters. The zero-order valence-corrected chi connectivity index (χ0v) is 16.7. The summed E-state index contributed by atoms with van der Waals surface area (Å²) in [6.45, 7) is 0.428. The van der Waals surface area contributed by atoms with Gasteiger partial charge in [-0.3, -0.25) is 4.79 Å². The molecule has 1 aliphatic heterocycles. The number of hydrogen-bond acceptors (Lipinski definition) is 4. The van der Waals surface area contributed by atoms with E-state index in [-0.39, 0.29) is 5.91 Å². The minimum Gasteiger partial charge on any atom is -0.354 e. The van der Waals surface area contributed by atoms with Crippen LogP contribution in [-0.2, 0) is 11.3 Å². The third-order valence-corrected chi connectivity index (χ3v) is 5.32. The molecule has 0 spiro atoms. The highest BCUT2D eigenvalue weighted by Gasteiger charge is 2.28. The third-order valence-electron chi connectivity index (χ3n) is 5.32. The number of nitrogens with one attached hydrogen (secondary N) is 3. The van der Waals surface area contributed by atoms with Crippen LogP contribution in [0.2, 0.25) is 0 Å². The van der Waals surface area contributed by atoms with Gasteiger partial charge in [0, 0.05) is 35.2 Å². The maximum absolute atomic E-state index is 13.0. The lowest BCUT2D eigenvalue weighted by Crippen LogP contribution is -2.10. The second-order valence-electron chi connectivity index (χ2n) is 7.31. The number of carbonyl (C=O) groups excluding carboxylic acids is 1. The first-order valence-electron chi connectivity index (χ1n) is 10.0. The molecule has 0 aliphatic carbocycles. The Morgan fingerprint density at radius 2 is 1.84 bits per heavy atom. The largest absolute Gasteiger partial charge is 0.354 e. The molecule has 1 aromatic heterocycles. The number of nitrogens with zero attached hydrogens (tertiary/aromatic N) is 1. The maximum atomic E-state index is 13.0. The summed E-state index contributed by atoms with van der Waals surface area (Å²) in [6, 6.07) is 23.6. The van der Waals surface area contributed by atoms with Crippen molar-refractivity contribution in [1.29, 1.82) is 0 Å². The lowest BCUT2D eigenvalue weighted by molar-refractivity contribution is -0.110. The fourth-order valence-electron chi connectivity index (χ4n) is 3.79. The Kier molecular flexibility index (Phi) is 4.82. The molecule has 0 bridgehead atoms. The van der Waals surface area contributed by atoms with Gasteiger partial charge in [-0.05, 0) is 35.4 Å². The first kappa shape index (κ1) is 18.8. The summed E-state index contributed by atoms with van der Waals surface area (Å²) in [6.07, 6.45) is 3.51. The van der Waals surface area contributed by atoms with Crippen molar-refractivity contribution in [2.24, 2.45) is 5.73 Å². The molecule has 0 saturated carbocycles. The number of benzene rings is 3. The number of anilines is 2. The number of hydrogen-bond donors (Lipinski definition) is 4. The molecule has 0 saturated heterocycles. The predicted octanol–water partition coefficient (Wildman–Crippen LogP) is 4.47. The number of amides is 1. The van der Waals surface area contributed by atoms with E-state index in [2.05, 4.69) is 20.6 Å². The van der Waals surface area contributed by atoms with Gasteiger partial charge in [-0.1, -0.05) is 48.5 Å². The number of aromatic nitrogens is 2. The first-order valence-corrected chi connectivity index (χ1v) is 10.0. The minimum absolute atomic E-state index is 0.130. The molecule has 6 nitrogen and oxygen atoms in total. The van der Waals surface area contributed by atoms with Gasteiger partial charge in [-0.15, -0.1) is 0 Å². The Morgan fingerprint density at radius 1 is 1.00 bits per heavy atom. The summed E-state index contributed by atoms with van der Waals surface area (Å²) < 4.78 is 0. The number of nitrogens with two attached hydrogens (primary N) is 1. The van der Waals surface area contributed by atoms with Crippen molar-refractivity contribution in [2.75, 3.05) is 10.6 Å². The molecule has 2 heterocycles. The summed E-state index contributed by atoms with van der Waals surface area (Å²) in [5.41, 5.74) is 13.6. The summed E-state index contributed by atoms with van der Waals surface area (Å²) in [5, 5.41) is 6.45.